The highest BCUT2D eigenvalue weighted by atomic mass is 19.1. The Morgan fingerprint density at radius 2 is 2.14 bits per heavy atom. The zero-order chi connectivity index (χ0) is 16.0. The van der Waals surface area contributed by atoms with Crippen LogP contribution in [0.2, 0.25) is 0 Å². The summed E-state index contributed by atoms with van der Waals surface area (Å²) in [6, 6.07) is 5.30. The first-order valence-corrected chi connectivity index (χ1v) is 5.57. The van der Waals surface area contributed by atoms with Gasteiger partial charge >= 0.3 is 5.97 Å². The van der Waals surface area contributed by atoms with Crippen LogP contribution in [-0.2, 0) is 21.0 Å². The van der Waals surface area contributed by atoms with Crippen LogP contribution in [-0.4, -0.2) is 34.3 Å². The van der Waals surface area contributed by atoms with E-state index in [1.165, 1.54) is 12.1 Å². The fraction of sp³-hybridized carbons (Fsp3) is 0.154. The summed E-state index contributed by atoms with van der Waals surface area (Å²) in [6.07, 6.45) is 0.473. The minimum atomic E-state index is -1.66. The predicted octanol–water partition coefficient (Wildman–Crippen LogP) is 1.11. The summed E-state index contributed by atoms with van der Waals surface area (Å²) in [5.74, 6) is -4.41. The lowest BCUT2D eigenvalue weighted by Crippen LogP contribution is -2.28. The Morgan fingerprint density at radius 1 is 1.48 bits per heavy atom. The molecule has 1 aromatic carbocycles. The molecule has 7 nitrogen and oxygen atoms in total. The van der Waals surface area contributed by atoms with Gasteiger partial charge in [-0.2, -0.15) is 5.26 Å². The van der Waals surface area contributed by atoms with Gasteiger partial charge in [-0.15, -0.1) is 0 Å². The van der Waals surface area contributed by atoms with Gasteiger partial charge in [0.1, 0.15) is 11.9 Å². The highest BCUT2D eigenvalue weighted by Gasteiger charge is 2.16. The van der Waals surface area contributed by atoms with Crippen molar-refractivity contribution in [1.82, 2.24) is 5.06 Å². The fourth-order valence-corrected chi connectivity index (χ4v) is 1.41. The summed E-state index contributed by atoms with van der Waals surface area (Å²) in [6.45, 7) is -0.159. The topological polar surface area (TPSA) is 111 Å². The van der Waals surface area contributed by atoms with Crippen molar-refractivity contribution in [2.75, 3.05) is 7.11 Å². The summed E-state index contributed by atoms with van der Waals surface area (Å²) >= 11 is 0. The number of carboxylic acid groups (broad SMARTS) is 1. The number of hydrogen-bond donors (Lipinski definition) is 2. The maximum absolute atomic E-state index is 13.2. The predicted molar refractivity (Wildman–Crippen MR) is 67.0 cm³/mol. The number of benzene rings is 1. The lowest BCUT2D eigenvalue weighted by molar-refractivity contribution is -0.173. The minimum Gasteiger partial charge on any atom is -0.502 e. The Hall–Kier alpha value is -2.92. The van der Waals surface area contributed by atoms with E-state index in [1.807, 2.05) is 0 Å². The summed E-state index contributed by atoms with van der Waals surface area (Å²) in [4.78, 5) is 26.9. The van der Waals surface area contributed by atoms with Crippen LogP contribution in [0.5, 0.6) is 0 Å². The molecule has 2 N–H and O–H groups in total. The number of nitriles is 1. The molecular weight excluding hydrogens is 283 g/mol. The van der Waals surface area contributed by atoms with Gasteiger partial charge < -0.3 is 10.2 Å². The second kappa shape index (κ2) is 7.02. The summed E-state index contributed by atoms with van der Waals surface area (Å²) < 4.78 is 13.2. The molecule has 110 valence electrons. The van der Waals surface area contributed by atoms with Crippen LogP contribution >= 0.6 is 0 Å². The van der Waals surface area contributed by atoms with Gasteiger partial charge in [-0.25, -0.2) is 14.2 Å². The molecule has 0 saturated carbocycles. The van der Waals surface area contributed by atoms with Crippen LogP contribution in [0, 0.1) is 17.1 Å². The van der Waals surface area contributed by atoms with Crippen molar-refractivity contribution in [1.29, 1.82) is 5.26 Å². The first-order chi connectivity index (χ1) is 9.88. The zero-order valence-corrected chi connectivity index (χ0v) is 10.9. The smallest absolute Gasteiger partial charge is 0.371 e. The Labute approximate surface area is 119 Å². The summed E-state index contributed by atoms with van der Waals surface area (Å²) in [5.41, 5.74) is 0.200. The van der Waals surface area contributed by atoms with Crippen molar-refractivity contribution < 1.29 is 29.0 Å². The number of rotatable bonds is 5. The number of carboxylic acids is 1. The Kier molecular flexibility index (Phi) is 5.39. The molecule has 1 amide bonds. The summed E-state index contributed by atoms with van der Waals surface area (Å²) in [5, 5.41) is 26.9. The highest BCUT2D eigenvalue weighted by Crippen LogP contribution is 2.12. The number of amides is 1. The Morgan fingerprint density at radius 3 is 2.67 bits per heavy atom. The van der Waals surface area contributed by atoms with E-state index in [9.17, 15) is 14.0 Å². The molecule has 0 unspecified atom stereocenters. The van der Waals surface area contributed by atoms with E-state index in [-0.39, 0.29) is 12.1 Å². The number of carbonyl (C=O) groups is 2. The van der Waals surface area contributed by atoms with Gasteiger partial charge in [0.2, 0.25) is 5.76 Å². The van der Waals surface area contributed by atoms with Crippen LogP contribution in [0.15, 0.2) is 30.0 Å². The number of halogens is 1. The zero-order valence-electron chi connectivity index (χ0n) is 10.9. The Balaban J connectivity index is 2.93. The van der Waals surface area contributed by atoms with Gasteiger partial charge in [-0.1, -0.05) is 6.07 Å². The third-order valence-corrected chi connectivity index (χ3v) is 2.42. The van der Waals surface area contributed by atoms with E-state index < -0.39 is 23.5 Å². The third kappa shape index (κ3) is 4.29. The van der Waals surface area contributed by atoms with Gasteiger partial charge in [0.05, 0.1) is 25.3 Å². The van der Waals surface area contributed by atoms with E-state index in [0.717, 1.165) is 18.2 Å². The molecule has 0 spiro atoms. The van der Waals surface area contributed by atoms with Crippen molar-refractivity contribution in [3.8, 4) is 6.07 Å². The molecule has 0 bridgehead atoms. The molecule has 0 aliphatic carbocycles. The third-order valence-electron chi connectivity index (χ3n) is 2.42. The van der Waals surface area contributed by atoms with Crippen molar-refractivity contribution in [2.24, 2.45) is 0 Å². The first-order valence-electron chi connectivity index (χ1n) is 5.57. The van der Waals surface area contributed by atoms with Crippen LogP contribution in [0.3, 0.4) is 0 Å². The molecular formula is C13H11FN2O5. The van der Waals surface area contributed by atoms with E-state index in [4.69, 9.17) is 20.3 Å². The SMILES string of the molecule is CON(Cc1ccc(F)c(C#N)c1)C(=O)/C=C(\O)C(=O)O. The number of aliphatic hydroxyl groups excluding tert-OH is 1. The maximum atomic E-state index is 13.2. The molecule has 0 aliphatic rings. The van der Waals surface area contributed by atoms with Crippen molar-refractivity contribution in [3.05, 3.63) is 47.0 Å². The quantitative estimate of drug-likeness (QED) is 0.478. The average Bonchev–Trinajstić information content (AvgIpc) is 2.45. The number of aliphatic carboxylic acids is 1. The lowest BCUT2D eigenvalue weighted by Gasteiger charge is -2.18. The second-order valence-electron chi connectivity index (χ2n) is 3.82. The highest BCUT2D eigenvalue weighted by molar-refractivity contribution is 5.95. The summed E-state index contributed by atoms with van der Waals surface area (Å²) in [7, 11) is 1.16. The molecule has 0 radical (unpaired) electrons. The second-order valence-corrected chi connectivity index (χ2v) is 3.82. The molecule has 1 rings (SSSR count). The number of hydrogen-bond acceptors (Lipinski definition) is 5. The van der Waals surface area contributed by atoms with Gasteiger partial charge in [0.15, 0.2) is 0 Å². The number of carbonyl (C=O) groups excluding carboxylic acids is 1. The average molecular weight is 294 g/mol. The molecule has 0 fully saturated rings. The monoisotopic (exact) mass is 294 g/mol. The van der Waals surface area contributed by atoms with Crippen LogP contribution in [0.4, 0.5) is 4.39 Å². The van der Waals surface area contributed by atoms with E-state index in [0.29, 0.717) is 11.6 Å². The van der Waals surface area contributed by atoms with Gasteiger partial charge in [-0.3, -0.25) is 9.63 Å². The molecule has 0 heterocycles. The lowest BCUT2D eigenvalue weighted by atomic mass is 10.1. The van der Waals surface area contributed by atoms with E-state index in [1.54, 1.807) is 6.07 Å². The number of nitrogens with zero attached hydrogens (tertiary/aromatic N) is 2. The van der Waals surface area contributed by atoms with E-state index >= 15 is 0 Å². The largest absolute Gasteiger partial charge is 0.502 e. The van der Waals surface area contributed by atoms with Gasteiger partial charge in [-0.05, 0) is 17.7 Å². The van der Waals surface area contributed by atoms with Gasteiger partial charge in [0, 0.05) is 0 Å². The van der Waals surface area contributed by atoms with Crippen molar-refractivity contribution in [3.63, 3.8) is 0 Å². The standard InChI is InChI=1S/C13H11FN2O5/c1-21-16(12(18)5-11(17)13(19)20)7-8-2-3-10(14)9(4-8)6-15/h2-5,17H,7H2,1H3,(H,19,20)/b11-5-. The maximum Gasteiger partial charge on any atom is 0.371 e. The molecule has 8 heteroatoms. The fourth-order valence-electron chi connectivity index (χ4n) is 1.41. The Bertz CT molecular complexity index is 636. The molecule has 0 aliphatic heterocycles. The molecule has 0 saturated heterocycles. The van der Waals surface area contributed by atoms with Crippen LogP contribution < -0.4 is 0 Å². The molecule has 0 aromatic heterocycles. The van der Waals surface area contributed by atoms with Crippen LogP contribution in [0.25, 0.3) is 0 Å². The molecule has 1 aromatic rings. The number of aliphatic hydroxyl groups is 1. The molecule has 21 heavy (non-hydrogen) atoms. The minimum absolute atomic E-state index is 0.159. The first kappa shape index (κ1) is 16.1. The van der Waals surface area contributed by atoms with Gasteiger partial charge in [0.25, 0.3) is 5.91 Å². The van der Waals surface area contributed by atoms with E-state index in [2.05, 4.69) is 0 Å². The normalized spacial score (nSPS) is 10.8. The molecule has 0 atom stereocenters. The van der Waals surface area contributed by atoms with Crippen molar-refractivity contribution >= 4 is 11.9 Å². The van der Waals surface area contributed by atoms with Crippen LogP contribution in [0.1, 0.15) is 11.1 Å². The van der Waals surface area contributed by atoms with Crippen molar-refractivity contribution in [2.45, 2.75) is 6.54 Å². The number of hydroxylamine groups is 2.